The van der Waals surface area contributed by atoms with E-state index in [1.807, 2.05) is 4.90 Å². The monoisotopic (exact) mass is 295 g/mol. The molecule has 7 heteroatoms. The molecule has 2 rings (SSSR count). The highest BCUT2D eigenvalue weighted by atomic mass is 19.1. The average Bonchev–Trinajstić information content (AvgIpc) is 2.45. The zero-order valence-electron chi connectivity index (χ0n) is 11.6. The fraction of sp³-hybridized carbons (Fsp3) is 0.429. The number of carboxylic acids is 1. The molecule has 114 valence electrons. The van der Waals surface area contributed by atoms with E-state index in [2.05, 4.69) is 4.90 Å². The second-order valence-corrected chi connectivity index (χ2v) is 5.00. The van der Waals surface area contributed by atoms with Gasteiger partial charge in [-0.05, 0) is 18.2 Å². The maximum atomic E-state index is 13.2. The summed E-state index contributed by atoms with van der Waals surface area (Å²) in [5.74, 6) is -1.96. The van der Waals surface area contributed by atoms with E-state index in [0.29, 0.717) is 38.4 Å². The van der Waals surface area contributed by atoms with Crippen LogP contribution in [-0.2, 0) is 4.79 Å². The summed E-state index contributed by atoms with van der Waals surface area (Å²) in [4.78, 5) is 26.0. The van der Waals surface area contributed by atoms with Gasteiger partial charge in [-0.2, -0.15) is 0 Å². The molecule has 21 heavy (non-hydrogen) atoms. The van der Waals surface area contributed by atoms with Crippen molar-refractivity contribution in [3.8, 4) is 0 Å². The van der Waals surface area contributed by atoms with Gasteiger partial charge >= 0.3 is 5.97 Å². The second-order valence-electron chi connectivity index (χ2n) is 5.00. The first-order chi connectivity index (χ1) is 9.97. The second kappa shape index (κ2) is 6.53. The Labute approximate surface area is 121 Å². The molecule has 0 saturated carbocycles. The number of rotatable bonds is 5. The van der Waals surface area contributed by atoms with Crippen molar-refractivity contribution in [2.24, 2.45) is 5.73 Å². The number of hydrogen-bond acceptors (Lipinski definition) is 4. The van der Waals surface area contributed by atoms with Crippen molar-refractivity contribution >= 4 is 17.6 Å². The van der Waals surface area contributed by atoms with E-state index in [4.69, 9.17) is 10.8 Å². The minimum absolute atomic E-state index is 0.114. The Hall–Kier alpha value is -2.15. The number of amides is 1. The first-order valence-corrected chi connectivity index (χ1v) is 6.76. The number of benzene rings is 1. The summed E-state index contributed by atoms with van der Waals surface area (Å²) in [6.45, 7) is 3.19. The Balaban J connectivity index is 2.02. The minimum atomic E-state index is -0.813. The molecule has 1 fully saturated rings. The van der Waals surface area contributed by atoms with Crippen molar-refractivity contribution in [2.45, 2.75) is 6.42 Å². The van der Waals surface area contributed by atoms with Crippen LogP contribution < -0.4 is 10.6 Å². The first kappa shape index (κ1) is 15.2. The molecule has 6 nitrogen and oxygen atoms in total. The van der Waals surface area contributed by atoms with Gasteiger partial charge in [0.05, 0.1) is 12.0 Å². The molecule has 0 aliphatic carbocycles. The van der Waals surface area contributed by atoms with Gasteiger partial charge < -0.3 is 15.7 Å². The Kier molecular flexibility index (Phi) is 4.74. The highest BCUT2D eigenvalue weighted by Crippen LogP contribution is 2.22. The summed E-state index contributed by atoms with van der Waals surface area (Å²) < 4.78 is 13.2. The van der Waals surface area contributed by atoms with Gasteiger partial charge in [0.15, 0.2) is 0 Å². The van der Waals surface area contributed by atoms with Crippen LogP contribution in [0.1, 0.15) is 16.8 Å². The number of anilines is 1. The largest absolute Gasteiger partial charge is 0.481 e. The minimum Gasteiger partial charge on any atom is -0.481 e. The molecule has 1 aromatic rings. The molecule has 0 spiro atoms. The van der Waals surface area contributed by atoms with Gasteiger partial charge in [0.1, 0.15) is 5.82 Å². The normalized spacial score (nSPS) is 16.0. The molecule has 1 aliphatic heterocycles. The number of nitrogens with zero attached hydrogens (tertiary/aromatic N) is 2. The smallest absolute Gasteiger partial charge is 0.304 e. The van der Waals surface area contributed by atoms with E-state index in [0.717, 1.165) is 6.07 Å². The maximum Gasteiger partial charge on any atom is 0.304 e. The van der Waals surface area contributed by atoms with Crippen molar-refractivity contribution in [3.05, 3.63) is 29.6 Å². The molecule has 0 unspecified atom stereocenters. The summed E-state index contributed by atoms with van der Waals surface area (Å²) in [6.07, 6.45) is 0.114. The van der Waals surface area contributed by atoms with E-state index in [1.165, 1.54) is 6.07 Å². The standard InChI is InChI=1S/C14H18FN3O3/c15-10-1-2-12(11(9-10)14(16)21)18-7-5-17(6-8-18)4-3-13(19)20/h1-2,9H,3-8H2,(H2,16,21)(H,19,20). The van der Waals surface area contributed by atoms with Crippen LogP contribution in [0.15, 0.2) is 18.2 Å². The number of nitrogens with two attached hydrogens (primary N) is 1. The molecule has 1 aromatic carbocycles. The lowest BCUT2D eigenvalue weighted by Gasteiger charge is -2.36. The number of hydrogen-bond donors (Lipinski definition) is 2. The number of primary amides is 1. The third kappa shape index (κ3) is 3.91. The van der Waals surface area contributed by atoms with E-state index in [9.17, 15) is 14.0 Å². The Morgan fingerprint density at radius 1 is 1.24 bits per heavy atom. The van der Waals surface area contributed by atoms with Crippen LogP contribution in [-0.4, -0.2) is 54.6 Å². The fourth-order valence-corrected chi connectivity index (χ4v) is 2.45. The van der Waals surface area contributed by atoms with Crippen molar-refractivity contribution in [3.63, 3.8) is 0 Å². The van der Waals surface area contributed by atoms with Gasteiger partial charge in [0, 0.05) is 38.4 Å². The quantitative estimate of drug-likeness (QED) is 0.827. The topological polar surface area (TPSA) is 86.9 Å². The van der Waals surface area contributed by atoms with Gasteiger partial charge in [0.25, 0.3) is 5.91 Å². The molecule has 0 radical (unpaired) electrons. The Morgan fingerprint density at radius 3 is 2.48 bits per heavy atom. The molecular weight excluding hydrogens is 277 g/mol. The van der Waals surface area contributed by atoms with Gasteiger partial charge in [0.2, 0.25) is 0 Å². The average molecular weight is 295 g/mol. The van der Waals surface area contributed by atoms with Gasteiger partial charge in [-0.25, -0.2) is 4.39 Å². The van der Waals surface area contributed by atoms with E-state index >= 15 is 0 Å². The number of piperazine rings is 1. The van der Waals surface area contributed by atoms with Crippen molar-refractivity contribution in [2.75, 3.05) is 37.6 Å². The van der Waals surface area contributed by atoms with E-state index in [-0.39, 0.29) is 12.0 Å². The molecule has 1 heterocycles. The number of aliphatic carboxylic acids is 1. The molecule has 0 bridgehead atoms. The lowest BCUT2D eigenvalue weighted by atomic mass is 10.1. The van der Waals surface area contributed by atoms with Crippen molar-refractivity contribution in [1.82, 2.24) is 4.90 Å². The number of carbonyl (C=O) groups is 2. The van der Waals surface area contributed by atoms with Crippen LogP contribution in [0.25, 0.3) is 0 Å². The van der Waals surface area contributed by atoms with E-state index < -0.39 is 17.7 Å². The summed E-state index contributed by atoms with van der Waals surface area (Å²) in [7, 11) is 0. The predicted octanol–water partition coefficient (Wildman–Crippen LogP) is 0.521. The van der Waals surface area contributed by atoms with Crippen molar-refractivity contribution in [1.29, 1.82) is 0 Å². The molecular formula is C14H18FN3O3. The van der Waals surface area contributed by atoms with Gasteiger partial charge in [-0.3, -0.25) is 14.5 Å². The number of carbonyl (C=O) groups excluding carboxylic acids is 1. The lowest BCUT2D eigenvalue weighted by molar-refractivity contribution is -0.137. The Morgan fingerprint density at radius 2 is 1.90 bits per heavy atom. The molecule has 1 saturated heterocycles. The highest BCUT2D eigenvalue weighted by Gasteiger charge is 2.21. The maximum absolute atomic E-state index is 13.2. The zero-order valence-corrected chi connectivity index (χ0v) is 11.6. The summed E-state index contributed by atoms with van der Waals surface area (Å²) in [6, 6.07) is 4.01. The first-order valence-electron chi connectivity index (χ1n) is 6.76. The third-order valence-electron chi connectivity index (χ3n) is 3.58. The van der Waals surface area contributed by atoms with Crippen LogP contribution in [0.5, 0.6) is 0 Å². The van der Waals surface area contributed by atoms with Crippen LogP contribution in [0.3, 0.4) is 0 Å². The van der Waals surface area contributed by atoms with E-state index in [1.54, 1.807) is 6.07 Å². The lowest BCUT2D eigenvalue weighted by Crippen LogP contribution is -2.47. The van der Waals surface area contributed by atoms with Gasteiger partial charge in [-0.15, -0.1) is 0 Å². The highest BCUT2D eigenvalue weighted by molar-refractivity contribution is 5.98. The van der Waals surface area contributed by atoms with Crippen LogP contribution in [0.2, 0.25) is 0 Å². The molecule has 0 aromatic heterocycles. The Bertz CT molecular complexity index is 542. The number of carboxylic acid groups (broad SMARTS) is 1. The predicted molar refractivity (Wildman–Crippen MR) is 75.8 cm³/mol. The van der Waals surface area contributed by atoms with Crippen LogP contribution in [0, 0.1) is 5.82 Å². The third-order valence-corrected chi connectivity index (χ3v) is 3.58. The molecule has 0 atom stereocenters. The van der Waals surface area contributed by atoms with Gasteiger partial charge in [-0.1, -0.05) is 0 Å². The SMILES string of the molecule is NC(=O)c1cc(F)ccc1N1CCN(CCC(=O)O)CC1. The molecule has 1 aliphatic rings. The van der Waals surface area contributed by atoms with Crippen molar-refractivity contribution < 1.29 is 19.1 Å². The molecule has 1 amide bonds. The molecule has 3 N–H and O–H groups in total. The summed E-state index contributed by atoms with van der Waals surface area (Å²) in [5, 5.41) is 8.67. The van der Waals surface area contributed by atoms with Crippen LogP contribution >= 0.6 is 0 Å². The zero-order chi connectivity index (χ0) is 15.4. The summed E-state index contributed by atoms with van der Waals surface area (Å²) >= 11 is 0. The number of halogens is 1. The summed E-state index contributed by atoms with van der Waals surface area (Å²) in [5.41, 5.74) is 6.09. The van der Waals surface area contributed by atoms with Crippen LogP contribution in [0.4, 0.5) is 10.1 Å². The fourth-order valence-electron chi connectivity index (χ4n) is 2.45.